The highest BCUT2D eigenvalue weighted by molar-refractivity contribution is 5.26. The van der Waals surface area contributed by atoms with Gasteiger partial charge in [0, 0.05) is 13.1 Å². The first-order valence-corrected chi connectivity index (χ1v) is 6.72. The quantitative estimate of drug-likeness (QED) is 0.870. The second-order valence-corrected chi connectivity index (χ2v) is 4.86. The fraction of sp³-hybridized carbons (Fsp3) is 0.571. The minimum absolute atomic E-state index is 0.0569. The minimum Gasteiger partial charge on any atom is -0.387 e. The van der Waals surface area contributed by atoms with Gasteiger partial charge in [0.25, 0.3) is 0 Å². The summed E-state index contributed by atoms with van der Waals surface area (Å²) in [6.45, 7) is 2.41. The molecule has 21 heavy (non-hydrogen) atoms. The number of ether oxygens (including phenoxy) is 2. The Morgan fingerprint density at radius 2 is 1.95 bits per heavy atom. The van der Waals surface area contributed by atoms with E-state index >= 15 is 0 Å². The number of rotatable bonds is 5. The topological polar surface area (TPSA) is 50.7 Å². The molecule has 1 fully saturated rings. The van der Waals surface area contributed by atoms with E-state index in [0.717, 1.165) is 12.1 Å². The number of nitrogens with one attached hydrogen (secondary N) is 1. The molecule has 1 aliphatic rings. The van der Waals surface area contributed by atoms with Gasteiger partial charge in [-0.25, -0.2) is 0 Å². The molecule has 1 aromatic carbocycles. The van der Waals surface area contributed by atoms with Crippen molar-refractivity contribution in [3.05, 3.63) is 35.4 Å². The second-order valence-electron chi connectivity index (χ2n) is 4.86. The third-order valence-electron chi connectivity index (χ3n) is 3.22. The summed E-state index contributed by atoms with van der Waals surface area (Å²) in [6.07, 6.45) is -5.28. The number of hydrogen-bond donors (Lipinski definition) is 2. The molecule has 118 valence electrons. The molecule has 1 aromatic rings. The molecular formula is C14H18F3NO3. The van der Waals surface area contributed by atoms with Gasteiger partial charge < -0.3 is 19.9 Å². The lowest BCUT2D eigenvalue weighted by Gasteiger charge is -2.23. The van der Waals surface area contributed by atoms with Gasteiger partial charge in [-0.15, -0.1) is 0 Å². The molecule has 2 unspecified atom stereocenters. The van der Waals surface area contributed by atoms with Gasteiger partial charge in [0.2, 0.25) is 0 Å². The highest BCUT2D eigenvalue weighted by Crippen LogP contribution is 2.29. The summed E-state index contributed by atoms with van der Waals surface area (Å²) in [5.41, 5.74) is -0.282. The smallest absolute Gasteiger partial charge is 0.387 e. The van der Waals surface area contributed by atoms with Gasteiger partial charge in [0.15, 0.2) is 0 Å². The molecule has 2 rings (SSSR count). The Kier molecular flexibility index (Phi) is 5.58. The highest BCUT2D eigenvalue weighted by atomic mass is 19.4. The number of halogens is 3. The van der Waals surface area contributed by atoms with E-state index in [1.54, 1.807) is 0 Å². The van der Waals surface area contributed by atoms with Crippen molar-refractivity contribution in [3.8, 4) is 0 Å². The molecular weight excluding hydrogens is 287 g/mol. The number of alkyl halides is 3. The van der Waals surface area contributed by atoms with Crippen LogP contribution in [-0.4, -0.2) is 44.1 Å². The molecule has 1 heterocycles. The van der Waals surface area contributed by atoms with Crippen LogP contribution < -0.4 is 5.32 Å². The van der Waals surface area contributed by atoms with E-state index in [1.165, 1.54) is 12.1 Å². The molecule has 0 bridgehead atoms. The summed E-state index contributed by atoms with van der Waals surface area (Å²) in [5.74, 6) is 0. The predicted molar refractivity (Wildman–Crippen MR) is 69.8 cm³/mol. The maximum atomic E-state index is 12.4. The summed E-state index contributed by atoms with van der Waals surface area (Å²) in [7, 11) is 0. The third kappa shape index (κ3) is 4.96. The lowest BCUT2D eigenvalue weighted by molar-refractivity contribution is -0.137. The average molecular weight is 305 g/mol. The van der Waals surface area contributed by atoms with E-state index in [-0.39, 0.29) is 12.6 Å². The van der Waals surface area contributed by atoms with Crippen molar-refractivity contribution in [1.82, 2.24) is 5.32 Å². The Morgan fingerprint density at radius 1 is 1.24 bits per heavy atom. The molecule has 7 heteroatoms. The standard InChI is InChI=1S/C14H18F3NO3/c15-14(16,17)11-3-1-10(2-4-11)13(19)8-18-7-12-9-20-5-6-21-12/h1-4,12-13,18-19H,5-9H2. The van der Waals surface area contributed by atoms with Crippen LogP contribution in [0, 0.1) is 0 Å². The van der Waals surface area contributed by atoms with Gasteiger partial charge in [-0.3, -0.25) is 0 Å². The van der Waals surface area contributed by atoms with Gasteiger partial charge in [0.05, 0.1) is 37.6 Å². The van der Waals surface area contributed by atoms with Crippen LogP contribution in [-0.2, 0) is 15.7 Å². The molecule has 0 spiro atoms. The van der Waals surface area contributed by atoms with Crippen molar-refractivity contribution < 1.29 is 27.8 Å². The molecule has 2 N–H and O–H groups in total. The van der Waals surface area contributed by atoms with Crippen LogP contribution in [0.2, 0.25) is 0 Å². The molecule has 1 aliphatic heterocycles. The largest absolute Gasteiger partial charge is 0.416 e. The Morgan fingerprint density at radius 3 is 2.52 bits per heavy atom. The summed E-state index contributed by atoms with van der Waals surface area (Å²) in [5, 5.41) is 12.9. The van der Waals surface area contributed by atoms with Crippen LogP contribution >= 0.6 is 0 Å². The molecule has 0 saturated carbocycles. The SMILES string of the molecule is OC(CNCC1COCCO1)c1ccc(C(F)(F)F)cc1. The van der Waals surface area contributed by atoms with Gasteiger partial charge in [-0.05, 0) is 17.7 Å². The van der Waals surface area contributed by atoms with Crippen molar-refractivity contribution in [3.63, 3.8) is 0 Å². The van der Waals surface area contributed by atoms with Crippen molar-refractivity contribution in [2.75, 3.05) is 32.9 Å². The van der Waals surface area contributed by atoms with Crippen LogP contribution in [0.1, 0.15) is 17.2 Å². The summed E-state index contributed by atoms with van der Waals surface area (Å²) in [4.78, 5) is 0. The van der Waals surface area contributed by atoms with Gasteiger partial charge in [-0.2, -0.15) is 13.2 Å². The van der Waals surface area contributed by atoms with Crippen LogP contribution in [0.5, 0.6) is 0 Å². The Bertz CT molecular complexity index is 430. The zero-order valence-electron chi connectivity index (χ0n) is 11.4. The first kappa shape index (κ1) is 16.2. The van der Waals surface area contributed by atoms with Crippen LogP contribution in [0.15, 0.2) is 24.3 Å². The Labute approximate surface area is 120 Å². The number of aliphatic hydroxyl groups is 1. The molecule has 1 saturated heterocycles. The van der Waals surface area contributed by atoms with Crippen LogP contribution in [0.25, 0.3) is 0 Å². The molecule has 4 nitrogen and oxygen atoms in total. The normalized spacial score (nSPS) is 21.2. The molecule has 0 amide bonds. The second kappa shape index (κ2) is 7.22. The van der Waals surface area contributed by atoms with Crippen molar-refractivity contribution in [1.29, 1.82) is 0 Å². The van der Waals surface area contributed by atoms with Crippen LogP contribution in [0.4, 0.5) is 13.2 Å². The molecule has 0 radical (unpaired) electrons. The fourth-order valence-electron chi connectivity index (χ4n) is 2.05. The summed E-state index contributed by atoms with van der Waals surface area (Å²) >= 11 is 0. The van der Waals surface area contributed by atoms with Gasteiger partial charge >= 0.3 is 6.18 Å². The fourth-order valence-corrected chi connectivity index (χ4v) is 2.05. The molecule has 0 aromatic heterocycles. The predicted octanol–water partition coefficient (Wildman–Crippen LogP) is 1.74. The molecule has 2 atom stereocenters. The van der Waals surface area contributed by atoms with E-state index in [1.807, 2.05) is 0 Å². The van der Waals surface area contributed by atoms with Crippen LogP contribution in [0.3, 0.4) is 0 Å². The van der Waals surface area contributed by atoms with Crippen molar-refractivity contribution in [2.45, 2.75) is 18.4 Å². The number of hydrogen-bond acceptors (Lipinski definition) is 4. The van der Waals surface area contributed by atoms with Crippen molar-refractivity contribution in [2.24, 2.45) is 0 Å². The van der Waals surface area contributed by atoms with E-state index in [4.69, 9.17) is 9.47 Å². The van der Waals surface area contributed by atoms with E-state index in [0.29, 0.717) is 31.9 Å². The maximum Gasteiger partial charge on any atom is 0.416 e. The Hall–Kier alpha value is -1.15. The zero-order chi connectivity index (χ0) is 15.3. The average Bonchev–Trinajstić information content (AvgIpc) is 2.47. The summed E-state index contributed by atoms with van der Waals surface area (Å²) < 4.78 is 47.9. The van der Waals surface area contributed by atoms with Gasteiger partial charge in [-0.1, -0.05) is 12.1 Å². The number of aliphatic hydroxyl groups excluding tert-OH is 1. The third-order valence-corrected chi connectivity index (χ3v) is 3.22. The zero-order valence-corrected chi connectivity index (χ0v) is 11.4. The van der Waals surface area contributed by atoms with E-state index in [2.05, 4.69) is 5.32 Å². The van der Waals surface area contributed by atoms with E-state index in [9.17, 15) is 18.3 Å². The maximum absolute atomic E-state index is 12.4. The first-order valence-electron chi connectivity index (χ1n) is 6.72. The lowest BCUT2D eigenvalue weighted by Crippen LogP contribution is -2.38. The monoisotopic (exact) mass is 305 g/mol. The molecule has 0 aliphatic carbocycles. The highest BCUT2D eigenvalue weighted by Gasteiger charge is 2.30. The Balaban J connectivity index is 1.78. The number of benzene rings is 1. The van der Waals surface area contributed by atoms with Gasteiger partial charge in [0.1, 0.15) is 0 Å². The lowest BCUT2D eigenvalue weighted by atomic mass is 10.1. The van der Waals surface area contributed by atoms with Crippen molar-refractivity contribution >= 4 is 0 Å². The van der Waals surface area contributed by atoms with E-state index < -0.39 is 17.8 Å². The first-order chi connectivity index (χ1) is 9.97. The minimum atomic E-state index is -4.36. The summed E-state index contributed by atoms with van der Waals surface area (Å²) in [6, 6.07) is 4.51.